The molecule has 3 rings (SSSR count). The normalized spacial score (nSPS) is 11.7. The van der Waals surface area contributed by atoms with Gasteiger partial charge in [0.05, 0.1) is 24.0 Å². The molecular weight excluding hydrogens is 352 g/mol. The van der Waals surface area contributed by atoms with Gasteiger partial charge in [-0.2, -0.15) is 5.26 Å². The first-order chi connectivity index (χ1) is 12.7. The largest absolute Gasteiger partial charge is 0.459 e. The molecule has 0 bridgehead atoms. The van der Waals surface area contributed by atoms with Crippen LogP contribution >= 0.6 is 11.8 Å². The van der Waals surface area contributed by atoms with Crippen LogP contribution in [0.1, 0.15) is 13.3 Å². The van der Waals surface area contributed by atoms with Crippen LogP contribution in [0.3, 0.4) is 0 Å². The Hall–Kier alpha value is -3.05. The molecule has 8 heteroatoms. The van der Waals surface area contributed by atoms with Gasteiger partial charge in [0, 0.05) is 12.2 Å². The standard InChI is InChI=1S/C18H16N4O3S/c1-13(26-18-21-20-16(25-18)15-9-5-12-24-15)17(23)22(11-6-10-19)14-7-3-2-4-8-14/h2-5,7-9,12-13H,6,11H2,1H3. The molecule has 0 saturated carbocycles. The summed E-state index contributed by atoms with van der Waals surface area (Å²) in [4.78, 5) is 14.5. The molecule has 1 aromatic carbocycles. The van der Waals surface area contributed by atoms with E-state index >= 15 is 0 Å². The van der Waals surface area contributed by atoms with Gasteiger partial charge in [0.1, 0.15) is 0 Å². The highest BCUT2D eigenvalue weighted by atomic mass is 32.2. The Morgan fingerprint density at radius 2 is 2.08 bits per heavy atom. The summed E-state index contributed by atoms with van der Waals surface area (Å²) in [6.07, 6.45) is 1.77. The lowest BCUT2D eigenvalue weighted by Gasteiger charge is -2.24. The monoisotopic (exact) mass is 368 g/mol. The van der Waals surface area contributed by atoms with E-state index in [1.54, 1.807) is 24.0 Å². The minimum Gasteiger partial charge on any atom is -0.459 e. The number of thioether (sulfide) groups is 1. The number of benzene rings is 1. The minimum atomic E-state index is -0.459. The number of furan rings is 1. The fourth-order valence-corrected chi connectivity index (χ4v) is 3.06. The topological polar surface area (TPSA) is 96.2 Å². The van der Waals surface area contributed by atoms with Gasteiger partial charge in [0.25, 0.3) is 11.1 Å². The summed E-state index contributed by atoms with van der Waals surface area (Å²) in [5.41, 5.74) is 0.752. The quantitative estimate of drug-likeness (QED) is 0.586. The van der Waals surface area contributed by atoms with Gasteiger partial charge in [-0.25, -0.2) is 0 Å². The summed E-state index contributed by atoms with van der Waals surface area (Å²) in [5.74, 6) is 0.610. The Balaban J connectivity index is 1.72. The van der Waals surface area contributed by atoms with Crippen LogP contribution in [-0.4, -0.2) is 27.9 Å². The molecule has 0 aliphatic rings. The first kappa shape index (κ1) is 17.8. The minimum absolute atomic E-state index is 0.130. The molecule has 0 N–H and O–H groups in total. The van der Waals surface area contributed by atoms with E-state index in [0.29, 0.717) is 12.3 Å². The molecule has 1 unspecified atom stereocenters. The Kier molecular flexibility index (Phi) is 5.71. The molecule has 3 aromatic rings. The molecule has 7 nitrogen and oxygen atoms in total. The third kappa shape index (κ3) is 4.13. The molecule has 132 valence electrons. The molecule has 0 aliphatic carbocycles. The molecule has 2 aromatic heterocycles. The zero-order chi connectivity index (χ0) is 18.4. The van der Waals surface area contributed by atoms with E-state index in [0.717, 1.165) is 5.69 Å². The van der Waals surface area contributed by atoms with Crippen molar-refractivity contribution in [3.63, 3.8) is 0 Å². The average molecular weight is 368 g/mol. The Morgan fingerprint density at radius 3 is 2.77 bits per heavy atom. The number of anilines is 1. The van der Waals surface area contributed by atoms with Crippen molar-refractivity contribution in [2.24, 2.45) is 0 Å². The van der Waals surface area contributed by atoms with Gasteiger partial charge in [-0.3, -0.25) is 4.79 Å². The third-order valence-electron chi connectivity index (χ3n) is 3.54. The Morgan fingerprint density at radius 1 is 1.27 bits per heavy atom. The van der Waals surface area contributed by atoms with Gasteiger partial charge in [-0.05, 0) is 31.2 Å². The second-order valence-corrected chi connectivity index (χ2v) is 6.64. The molecule has 2 heterocycles. The van der Waals surface area contributed by atoms with Crippen molar-refractivity contribution in [1.82, 2.24) is 10.2 Å². The number of carbonyl (C=O) groups is 1. The van der Waals surface area contributed by atoms with Crippen LogP contribution in [0.2, 0.25) is 0 Å². The number of nitriles is 1. The van der Waals surface area contributed by atoms with Crippen molar-refractivity contribution in [3.05, 3.63) is 48.7 Å². The van der Waals surface area contributed by atoms with E-state index < -0.39 is 5.25 Å². The smallest absolute Gasteiger partial charge is 0.284 e. The SMILES string of the molecule is CC(Sc1nnc(-c2ccco2)o1)C(=O)N(CCC#N)c1ccccc1. The molecule has 1 atom stereocenters. The van der Waals surface area contributed by atoms with Gasteiger partial charge in [0.15, 0.2) is 5.76 Å². The first-order valence-electron chi connectivity index (χ1n) is 7.96. The molecule has 0 fully saturated rings. The van der Waals surface area contributed by atoms with E-state index in [1.807, 2.05) is 30.3 Å². The maximum absolute atomic E-state index is 12.9. The summed E-state index contributed by atoms with van der Waals surface area (Å²) in [7, 11) is 0. The van der Waals surface area contributed by atoms with Crippen LogP contribution in [0, 0.1) is 11.3 Å². The van der Waals surface area contributed by atoms with Gasteiger partial charge < -0.3 is 13.7 Å². The van der Waals surface area contributed by atoms with Crippen molar-refractivity contribution < 1.29 is 13.6 Å². The fourth-order valence-electron chi connectivity index (χ4n) is 2.31. The second kappa shape index (κ2) is 8.36. The number of aromatic nitrogens is 2. The zero-order valence-corrected chi connectivity index (χ0v) is 14.8. The highest BCUT2D eigenvalue weighted by molar-refractivity contribution is 8.00. The summed E-state index contributed by atoms with van der Waals surface area (Å²) < 4.78 is 10.8. The predicted octanol–water partition coefficient (Wildman–Crippen LogP) is 3.76. The fraction of sp³-hybridized carbons (Fsp3) is 0.222. The second-order valence-electron chi connectivity index (χ2n) is 5.34. The zero-order valence-electron chi connectivity index (χ0n) is 14.0. The highest BCUT2D eigenvalue weighted by Crippen LogP contribution is 2.28. The summed E-state index contributed by atoms with van der Waals surface area (Å²) >= 11 is 1.17. The summed E-state index contributed by atoms with van der Waals surface area (Å²) in [6.45, 7) is 2.10. The lowest BCUT2D eigenvalue weighted by Crippen LogP contribution is -2.37. The van der Waals surface area contributed by atoms with E-state index in [-0.39, 0.29) is 23.4 Å². The van der Waals surface area contributed by atoms with Gasteiger partial charge >= 0.3 is 0 Å². The van der Waals surface area contributed by atoms with Crippen molar-refractivity contribution in [1.29, 1.82) is 5.26 Å². The number of para-hydroxylation sites is 1. The Labute approximate surface area is 154 Å². The van der Waals surface area contributed by atoms with Crippen LogP contribution < -0.4 is 4.90 Å². The lowest BCUT2D eigenvalue weighted by molar-refractivity contribution is -0.117. The number of carbonyl (C=O) groups excluding carboxylic acids is 1. The third-order valence-corrected chi connectivity index (χ3v) is 4.47. The molecule has 1 amide bonds. The van der Waals surface area contributed by atoms with E-state index in [1.165, 1.54) is 18.0 Å². The van der Waals surface area contributed by atoms with Crippen molar-refractivity contribution >= 4 is 23.4 Å². The van der Waals surface area contributed by atoms with Crippen LogP contribution in [-0.2, 0) is 4.79 Å². The van der Waals surface area contributed by atoms with Crippen LogP contribution in [0.5, 0.6) is 0 Å². The van der Waals surface area contributed by atoms with Gasteiger partial charge in [0.2, 0.25) is 5.91 Å². The number of rotatable bonds is 7. The van der Waals surface area contributed by atoms with E-state index in [9.17, 15) is 4.79 Å². The summed E-state index contributed by atoms with van der Waals surface area (Å²) in [6, 6.07) is 14.8. The molecule has 0 aliphatic heterocycles. The van der Waals surface area contributed by atoms with E-state index in [2.05, 4.69) is 16.3 Å². The molecule has 0 saturated heterocycles. The molecule has 0 spiro atoms. The molecule has 26 heavy (non-hydrogen) atoms. The maximum Gasteiger partial charge on any atom is 0.284 e. The average Bonchev–Trinajstić information content (AvgIpc) is 3.34. The molecular formula is C18H16N4O3S. The highest BCUT2D eigenvalue weighted by Gasteiger charge is 2.25. The van der Waals surface area contributed by atoms with Crippen LogP contribution in [0.4, 0.5) is 5.69 Å². The lowest BCUT2D eigenvalue weighted by atomic mass is 10.2. The summed E-state index contributed by atoms with van der Waals surface area (Å²) in [5, 5.41) is 16.6. The number of hydrogen-bond donors (Lipinski definition) is 0. The van der Waals surface area contributed by atoms with Crippen molar-refractivity contribution in [2.75, 3.05) is 11.4 Å². The van der Waals surface area contributed by atoms with Gasteiger partial charge in [-0.15, -0.1) is 10.2 Å². The van der Waals surface area contributed by atoms with E-state index in [4.69, 9.17) is 14.1 Å². The van der Waals surface area contributed by atoms with Crippen LogP contribution in [0.15, 0.2) is 62.8 Å². The number of nitrogens with zero attached hydrogens (tertiary/aromatic N) is 4. The van der Waals surface area contributed by atoms with Crippen LogP contribution in [0.25, 0.3) is 11.7 Å². The van der Waals surface area contributed by atoms with Crippen molar-refractivity contribution in [2.45, 2.75) is 23.8 Å². The number of amides is 1. The van der Waals surface area contributed by atoms with Crippen molar-refractivity contribution in [3.8, 4) is 17.7 Å². The molecule has 0 radical (unpaired) electrons. The predicted molar refractivity (Wildman–Crippen MR) is 96.3 cm³/mol. The van der Waals surface area contributed by atoms with Gasteiger partial charge in [-0.1, -0.05) is 30.0 Å². The first-order valence-corrected chi connectivity index (χ1v) is 8.84. The maximum atomic E-state index is 12.9. The Bertz CT molecular complexity index is 887. The number of hydrogen-bond acceptors (Lipinski definition) is 7.